The Morgan fingerprint density at radius 1 is 0.900 bits per heavy atom. The third-order valence-corrected chi connectivity index (χ3v) is 8.39. The minimum atomic E-state index is -3.82. The highest BCUT2D eigenvalue weighted by Crippen LogP contribution is 2.23. The zero-order chi connectivity index (χ0) is 29.3. The predicted molar refractivity (Wildman–Crippen MR) is 162 cm³/mol. The van der Waals surface area contributed by atoms with Crippen molar-refractivity contribution >= 4 is 39.1 Å². The molecule has 1 N–H and O–H groups in total. The standard InChI is InChI=1S/C31H38ClN3O4S/c1-5-23(3)33-31(37)29(20-25-12-8-7-9-13-25)34(21-26-14-10-11-15-28(26)32)30(36)22-35(40(4,38)39)27-18-16-24(6-2)17-19-27/h7-19,23,29H,5-6,20-22H2,1-4H3,(H,33,37)/t23-,29+/m0/s1. The molecular weight excluding hydrogens is 546 g/mol. The topological polar surface area (TPSA) is 86.8 Å². The molecule has 7 nitrogen and oxygen atoms in total. The summed E-state index contributed by atoms with van der Waals surface area (Å²) in [5.74, 6) is -0.818. The van der Waals surface area contributed by atoms with Gasteiger partial charge in [0.25, 0.3) is 0 Å². The van der Waals surface area contributed by atoms with Gasteiger partial charge in [-0.25, -0.2) is 8.42 Å². The van der Waals surface area contributed by atoms with Crippen LogP contribution < -0.4 is 9.62 Å². The van der Waals surface area contributed by atoms with Gasteiger partial charge in [-0.2, -0.15) is 0 Å². The third kappa shape index (κ3) is 8.57. The van der Waals surface area contributed by atoms with Crippen LogP contribution >= 0.6 is 11.6 Å². The SMILES string of the molecule is CCc1ccc(N(CC(=O)N(Cc2ccccc2Cl)[C@H](Cc2ccccc2)C(=O)N[C@@H](C)CC)S(C)(=O)=O)cc1. The van der Waals surface area contributed by atoms with Crippen molar-refractivity contribution in [2.75, 3.05) is 17.1 Å². The number of rotatable bonds is 13. The average Bonchev–Trinajstić information content (AvgIpc) is 2.94. The summed E-state index contributed by atoms with van der Waals surface area (Å²) in [6.07, 6.45) is 2.85. The lowest BCUT2D eigenvalue weighted by molar-refractivity contribution is -0.140. The largest absolute Gasteiger partial charge is 0.352 e. The van der Waals surface area contributed by atoms with Crippen LogP contribution in [-0.4, -0.2) is 50.0 Å². The quantitative estimate of drug-likeness (QED) is 0.299. The maximum atomic E-state index is 14.1. The van der Waals surface area contributed by atoms with Crippen molar-refractivity contribution in [3.63, 3.8) is 0 Å². The summed E-state index contributed by atoms with van der Waals surface area (Å²) in [5, 5.41) is 3.47. The molecule has 0 aliphatic heterocycles. The summed E-state index contributed by atoms with van der Waals surface area (Å²) in [5.41, 5.74) is 2.96. The number of nitrogens with one attached hydrogen (secondary N) is 1. The first-order valence-corrected chi connectivity index (χ1v) is 15.7. The minimum absolute atomic E-state index is 0.0380. The maximum Gasteiger partial charge on any atom is 0.244 e. The molecule has 214 valence electrons. The molecule has 0 aliphatic carbocycles. The second kappa shape index (κ2) is 14.3. The van der Waals surface area contributed by atoms with Crippen molar-refractivity contribution in [1.29, 1.82) is 0 Å². The van der Waals surface area contributed by atoms with Gasteiger partial charge in [-0.15, -0.1) is 0 Å². The van der Waals surface area contributed by atoms with Crippen LogP contribution in [0.25, 0.3) is 0 Å². The van der Waals surface area contributed by atoms with E-state index in [0.717, 1.165) is 34.5 Å². The smallest absolute Gasteiger partial charge is 0.244 e. The second-order valence-electron chi connectivity index (χ2n) is 9.93. The van der Waals surface area contributed by atoms with Crippen molar-refractivity contribution in [1.82, 2.24) is 10.2 Å². The van der Waals surface area contributed by atoms with Crippen molar-refractivity contribution in [3.05, 3.63) is 101 Å². The molecule has 0 aliphatic rings. The molecule has 9 heteroatoms. The van der Waals surface area contributed by atoms with Gasteiger partial charge in [-0.05, 0) is 54.7 Å². The Morgan fingerprint density at radius 2 is 1.52 bits per heavy atom. The van der Waals surface area contributed by atoms with Gasteiger partial charge in [0.15, 0.2) is 0 Å². The van der Waals surface area contributed by atoms with E-state index in [2.05, 4.69) is 5.32 Å². The lowest BCUT2D eigenvalue weighted by Crippen LogP contribution is -2.54. The molecule has 0 spiro atoms. The molecule has 0 bridgehead atoms. The summed E-state index contributed by atoms with van der Waals surface area (Å²) in [7, 11) is -3.82. The summed E-state index contributed by atoms with van der Waals surface area (Å²) in [6, 6.07) is 22.7. The van der Waals surface area contributed by atoms with Gasteiger partial charge in [0.05, 0.1) is 11.9 Å². The predicted octanol–water partition coefficient (Wildman–Crippen LogP) is 5.22. The number of aryl methyl sites for hydroxylation is 1. The Labute approximate surface area is 243 Å². The van der Waals surface area contributed by atoms with Crippen LogP contribution in [-0.2, 0) is 39.0 Å². The van der Waals surface area contributed by atoms with Crippen LogP contribution in [0.3, 0.4) is 0 Å². The van der Waals surface area contributed by atoms with E-state index in [1.165, 1.54) is 4.90 Å². The Kier molecular flexibility index (Phi) is 11.2. The van der Waals surface area contributed by atoms with Crippen LogP contribution in [0.15, 0.2) is 78.9 Å². The average molecular weight is 584 g/mol. The molecule has 0 radical (unpaired) electrons. The van der Waals surface area contributed by atoms with Crippen molar-refractivity contribution in [2.24, 2.45) is 0 Å². The Bertz CT molecular complexity index is 1380. The first kappa shape index (κ1) is 31.2. The van der Waals surface area contributed by atoms with E-state index >= 15 is 0 Å². The highest BCUT2D eigenvalue weighted by atomic mass is 35.5. The first-order chi connectivity index (χ1) is 19.0. The van der Waals surface area contributed by atoms with Gasteiger partial charge >= 0.3 is 0 Å². The Hall–Kier alpha value is -3.36. The van der Waals surface area contributed by atoms with E-state index in [9.17, 15) is 18.0 Å². The number of benzene rings is 3. The van der Waals surface area contributed by atoms with E-state index in [1.54, 1.807) is 30.3 Å². The molecule has 0 unspecified atom stereocenters. The van der Waals surface area contributed by atoms with Crippen molar-refractivity contribution in [2.45, 2.75) is 58.7 Å². The normalized spacial score (nSPS) is 12.8. The third-order valence-electron chi connectivity index (χ3n) is 6.88. The zero-order valence-electron chi connectivity index (χ0n) is 23.5. The number of nitrogens with zero attached hydrogens (tertiary/aromatic N) is 2. The maximum absolute atomic E-state index is 14.1. The fourth-order valence-electron chi connectivity index (χ4n) is 4.32. The summed E-state index contributed by atoms with van der Waals surface area (Å²) >= 11 is 6.48. The molecule has 0 saturated carbocycles. The Balaban J connectivity index is 2.06. The number of sulfonamides is 1. The molecule has 0 heterocycles. The molecule has 3 aromatic rings. The van der Waals surface area contributed by atoms with E-state index in [0.29, 0.717) is 16.3 Å². The lowest BCUT2D eigenvalue weighted by Gasteiger charge is -2.34. The van der Waals surface area contributed by atoms with Crippen LogP contribution in [0, 0.1) is 0 Å². The van der Waals surface area contributed by atoms with Crippen molar-refractivity contribution in [3.8, 4) is 0 Å². The second-order valence-corrected chi connectivity index (χ2v) is 12.2. The summed E-state index contributed by atoms with van der Waals surface area (Å²) in [4.78, 5) is 29.2. The molecular formula is C31H38ClN3O4S. The molecule has 0 saturated heterocycles. The van der Waals surface area contributed by atoms with Gasteiger partial charge in [0.1, 0.15) is 12.6 Å². The van der Waals surface area contributed by atoms with Gasteiger partial charge in [-0.3, -0.25) is 13.9 Å². The number of halogens is 1. The summed E-state index contributed by atoms with van der Waals surface area (Å²) in [6.45, 7) is 5.46. The number of carbonyl (C=O) groups is 2. The molecule has 40 heavy (non-hydrogen) atoms. The number of amides is 2. The van der Waals surface area contributed by atoms with Crippen LogP contribution in [0.5, 0.6) is 0 Å². The van der Waals surface area contributed by atoms with Gasteiger partial charge in [-0.1, -0.05) is 86.1 Å². The molecule has 0 fully saturated rings. The monoisotopic (exact) mass is 583 g/mol. The molecule has 2 atom stereocenters. The Morgan fingerprint density at radius 3 is 2.10 bits per heavy atom. The number of hydrogen-bond donors (Lipinski definition) is 1. The fourth-order valence-corrected chi connectivity index (χ4v) is 5.36. The van der Waals surface area contributed by atoms with Crippen LogP contribution in [0.4, 0.5) is 5.69 Å². The van der Waals surface area contributed by atoms with Gasteiger partial charge in [0, 0.05) is 24.0 Å². The van der Waals surface area contributed by atoms with E-state index in [-0.39, 0.29) is 24.9 Å². The minimum Gasteiger partial charge on any atom is -0.352 e. The molecule has 0 aromatic heterocycles. The molecule has 3 aromatic carbocycles. The first-order valence-electron chi connectivity index (χ1n) is 13.5. The van der Waals surface area contributed by atoms with Crippen LogP contribution in [0.1, 0.15) is 43.9 Å². The summed E-state index contributed by atoms with van der Waals surface area (Å²) < 4.78 is 26.9. The highest BCUT2D eigenvalue weighted by Gasteiger charge is 2.33. The number of anilines is 1. The van der Waals surface area contributed by atoms with Gasteiger partial charge < -0.3 is 10.2 Å². The van der Waals surface area contributed by atoms with Crippen LogP contribution in [0.2, 0.25) is 5.02 Å². The van der Waals surface area contributed by atoms with Gasteiger partial charge in [0.2, 0.25) is 21.8 Å². The van der Waals surface area contributed by atoms with E-state index in [4.69, 9.17) is 11.6 Å². The van der Waals surface area contributed by atoms with E-state index in [1.807, 2.05) is 69.3 Å². The highest BCUT2D eigenvalue weighted by molar-refractivity contribution is 7.92. The number of hydrogen-bond acceptors (Lipinski definition) is 4. The van der Waals surface area contributed by atoms with Crippen molar-refractivity contribution < 1.29 is 18.0 Å². The zero-order valence-corrected chi connectivity index (χ0v) is 25.1. The van der Waals surface area contributed by atoms with E-state index < -0.39 is 28.5 Å². The number of carbonyl (C=O) groups excluding carboxylic acids is 2. The molecule has 2 amide bonds. The lowest BCUT2D eigenvalue weighted by atomic mass is 10.0. The fraction of sp³-hybridized carbons (Fsp3) is 0.355. The molecule has 3 rings (SSSR count).